The monoisotopic (exact) mass is 339 g/mol. The third-order valence-corrected chi connectivity index (χ3v) is 9.04. The molecule has 0 aliphatic heterocycles. The van der Waals surface area contributed by atoms with Gasteiger partial charge in [-0.1, -0.05) is 6.04 Å². The van der Waals surface area contributed by atoms with Gasteiger partial charge in [-0.3, -0.25) is 0 Å². The Labute approximate surface area is 133 Å². The van der Waals surface area contributed by atoms with Crippen LogP contribution in [0.2, 0.25) is 12.1 Å². The molecular weight excluding hydrogens is 306 g/mol. The van der Waals surface area contributed by atoms with Crippen molar-refractivity contribution in [3.8, 4) is 0 Å². The smallest absolute Gasteiger partial charge is 0.377 e. The Morgan fingerprint density at radius 3 is 1.90 bits per heavy atom. The van der Waals surface area contributed by atoms with Crippen molar-refractivity contribution in [3.05, 3.63) is 0 Å². The van der Waals surface area contributed by atoms with Gasteiger partial charge in [-0.15, -0.1) is 0 Å². The van der Waals surface area contributed by atoms with Gasteiger partial charge in [0.15, 0.2) is 0 Å². The molecule has 0 unspecified atom stereocenters. The van der Waals surface area contributed by atoms with Crippen LogP contribution in [-0.2, 0) is 22.8 Å². The van der Waals surface area contributed by atoms with Crippen LogP contribution in [0.15, 0.2) is 0 Å². The Morgan fingerprint density at radius 1 is 0.905 bits per heavy atom. The Hall–Kier alpha value is 0.194. The molecule has 8 heteroatoms. The van der Waals surface area contributed by atoms with Crippen molar-refractivity contribution in [1.82, 2.24) is 5.32 Å². The van der Waals surface area contributed by atoms with E-state index in [0.717, 1.165) is 32.0 Å². The Morgan fingerprint density at radius 2 is 1.43 bits per heavy atom. The summed E-state index contributed by atoms with van der Waals surface area (Å²) in [7, 11) is 5.61. The molecule has 0 atom stereocenters. The predicted molar refractivity (Wildman–Crippen MR) is 89.5 cm³/mol. The van der Waals surface area contributed by atoms with E-state index in [0.29, 0.717) is 0 Å². The molecule has 0 saturated heterocycles. The number of hydrogen-bond acceptors (Lipinski definition) is 6. The fraction of sp³-hybridized carbons (Fsp3) is 1.00. The molecule has 128 valence electrons. The molecule has 0 radical (unpaired) electrons. The Bertz CT molecular complexity index is 242. The van der Waals surface area contributed by atoms with Crippen molar-refractivity contribution < 1.29 is 22.8 Å². The quantitative estimate of drug-likeness (QED) is 0.287. The second-order valence-electron chi connectivity index (χ2n) is 5.15. The molecule has 0 aromatic carbocycles. The van der Waals surface area contributed by atoms with Gasteiger partial charge in [0.1, 0.15) is 5.41 Å². The summed E-state index contributed by atoms with van der Waals surface area (Å²) in [6.45, 7) is 4.01. The molecule has 0 aliphatic rings. The highest BCUT2D eigenvalue weighted by Gasteiger charge is 2.36. The second kappa shape index (κ2) is 11.7. The van der Waals surface area contributed by atoms with Gasteiger partial charge in [0.05, 0.1) is 9.52 Å². The highest BCUT2D eigenvalue weighted by atomic mass is 28.4. The van der Waals surface area contributed by atoms with Crippen molar-refractivity contribution in [3.63, 3.8) is 0 Å². The summed E-state index contributed by atoms with van der Waals surface area (Å²) in [5, 5.41) is 3.45. The van der Waals surface area contributed by atoms with Crippen LogP contribution in [0.3, 0.4) is 0 Å². The summed E-state index contributed by atoms with van der Waals surface area (Å²) in [6, 6.07) is 2.04. The second-order valence-corrected chi connectivity index (χ2v) is 10.7. The number of rotatable bonds is 14. The lowest BCUT2D eigenvalue weighted by molar-refractivity contribution is -0.130. The van der Waals surface area contributed by atoms with Crippen LogP contribution in [-0.4, -0.2) is 72.4 Å². The van der Waals surface area contributed by atoms with Crippen molar-refractivity contribution >= 4 is 18.3 Å². The first-order chi connectivity index (χ1) is 10.0. The molecule has 0 rings (SSSR count). The molecule has 0 aromatic rings. The van der Waals surface area contributed by atoms with E-state index in [2.05, 4.69) is 5.32 Å². The molecule has 0 amide bonds. The fourth-order valence-electron chi connectivity index (χ4n) is 2.09. The topological polar surface area (TPSA) is 58.2 Å². The lowest BCUT2D eigenvalue weighted by atomic mass is 10.4. The summed E-state index contributed by atoms with van der Waals surface area (Å²) < 4.78 is 26.9. The lowest BCUT2D eigenvalue weighted by Gasteiger charge is -2.26. The Balaban J connectivity index is 3.61. The van der Waals surface area contributed by atoms with Gasteiger partial charge in [0.2, 0.25) is 0 Å². The lowest BCUT2D eigenvalue weighted by Crippen LogP contribution is -2.43. The van der Waals surface area contributed by atoms with Gasteiger partial charge in [0.25, 0.3) is 0 Å². The van der Waals surface area contributed by atoms with Crippen LogP contribution in [0.4, 0.5) is 0 Å². The van der Waals surface area contributed by atoms with E-state index in [-0.39, 0.29) is 14.9 Å². The Kier molecular flexibility index (Phi) is 11.8. The molecule has 0 aliphatic carbocycles. The number of hydrogen-bond donors (Lipinski definition) is 1. The van der Waals surface area contributed by atoms with Gasteiger partial charge in [-0.05, 0) is 32.9 Å². The maximum Gasteiger partial charge on any atom is 0.500 e. The zero-order valence-corrected chi connectivity index (χ0v) is 16.9. The first-order valence-electron chi connectivity index (χ1n) is 7.48. The number of methoxy groups -OCH3 is 2. The van der Waals surface area contributed by atoms with Gasteiger partial charge in [-0.2, -0.15) is 0 Å². The van der Waals surface area contributed by atoms with E-state index in [9.17, 15) is 0 Å². The van der Waals surface area contributed by atoms with Gasteiger partial charge in [-0.25, -0.2) is 0 Å². The minimum absolute atomic E-state index is 0.319. The molecule has 0 spiro atoms. The molecule has 6 nitrogen and oxygen atoms in total. The van der Waals surface area contributed by atoms with Gasteiger partial charge in [0, 0.05) is 41.6 Å². The fourth-order valence-corrected chi connectivity index (χ4v) is 5.37. The number of nitrogens with one attached hydrogen (secondary N) is 1. The van der Waals surface area contributed by atoms with E-state index in [1.807, 2.05) is 6.92 Å². The van der Waals surface area contributed by atoms with Crippen LogP contribution in [0.1, 0.15) is 19.8 Å². The summed E-state index contributed by atoms with van der Waals surface area (Å²) in [5.41, 5.74) is -0.319. The van der Waals surface area contributed by atoms with Crippen molar-refractivity contribution in [2.75, 3.05) is 48.6 Å². The highest BCUT2D eigenvalue weighted by Crippen LogP contribution is 2.14. The highest BCUT2D eigenvalue weighted by molar-refractivity contribution is 6.60. The third kappa shape index (κ3) is 8.41. The standard InChI is InChI=1S/C13H33NO5Si2/c1-13(15-2,16-3)20-11-7-9-14-10-8-12-21(17-4,18-5)19-6/h14H,7-12,20H2,1-6H3. The van der Waals surface area contributed by atoms with Crippen LogP contribution in [0.5, 0.6) is 0 Å². The summed E-state index contributed by atoms with van der Waals surface area (Å²) >= 11 is 0. The zero-order valence-electron chi connectivity index (χ0n) is 14.5. The number of ether oxygens (including phenoxy) is 2. The summed E-state index contributed by atoms with van der Waals surface area (Å²) in [6.07, 6.45) is 2.16. The average molecular weight is 340 g/mol. The molecule has 1 N–H and O–H groups in total. The van der Waals surface area contributed by atoms with E-state index in [1.54, 1.807) is 35.5 Å². The van der Waals surface area contributed by atoms with Crippen molar-refractivity contribution in [1.29, 1.82) is 0 Å². The normalized spacial score (nSPS) is 13.4. The van der Waals surface area contributed by atoms with Crippen LogP contribution in [0.25, 0.3) is 0 Å². The van der Waals surface area contributed by atoms with E-state index in [1.165, 1.54) is 6.04 Å². The first-order valence-corrected chi connectivity index (χ1v) is 11.1. The first kappa shape index (κ1) is 21.2. The predicted octanol–water partition coefficient (Wildman–Crippen LogP) is 0.788. The summed E-state index contributed by atoms with van der Waals surface area (Å²) in [4.78, 5) is 0. The molecule has 0 fully saturated rings. The van der Waals surface area contributed by atoms with E-state index >= 15 is 0 Å². The zero-order chi connectivity index (χ0) is 16.2. The average Bonchev–Trinajstić information content (AvgIpc) is 2.54. The largest absolute Gasteiger partial charge is 0.500 e. The van der Waals surface area contributed by atoms with E-state index in [4.69, 9.17) is 22.8 Å². The molecule has 0 bridgehead atoms. The third-order valence-electron chi connectivity index (χ3n) is 3.87. The molecule has 21 heavy (non-hydrogen) atoms. The van der Waals surface area contributed by atoms with Crippen molar-refractivity contribution in [2.45, 2.75) is 37.3 Å². The van der Waals surface area contributed by atoms with Crippen molar-refractivity contribution in [2.24, 2.45) is 0 Å². The van der Waals surface area contributed by atoms with Gasteiger partial charge < -0.3 is 28.1 Å². The van der Waals surface area contributed by atoms with E-state index < -0.39 is 8.80 Å². The van der Waals surface area contributed by atoms with Crippen LogP contribution < -0.4 is 5.32 Å². The minimum atomic E-state index is -2.39. The maximum atomic E-state index is 5.39. The van der Waals surface area contributed by atoms with Crippen LogP contribution >= 0.6 is 0 Å². The molecule has 0 heterocycles. The minimum Gasteiger partial charge on any atom is -0.377 e. The molecule has 0 aromatic heterocycles. The molecular formula is C13H33NO5Si2. The van der Waals surface area contributed by atoms with Gasteiger partial charge >= 0.3 is 8.80 Å². The molecule has 0 saturated carbocycles. The maximum absolute atomic E-state index is 5.39. The SMILES string of the molecule is COC(C)(OC)[SiH2]CCCNCCC[Si](OC)(OC)OC. The summed E-state index contributed by atoms with van der Waals surface area (Å²) in [5.74, 6) is 0. The van der Waals surface area contributed by atoms with Crippen LogP contribution in [0, 0.1) is 0 Å².